The van der Waals surface area contributed by atoms with Gasteiger partial charge in [-0.25, -0.2) is 14.3 Å². The largest absolute Gasteiger partial charge is 0.423 e. The van der Waals surface area contributed by atoms with Crippen LogP contribution in [-0.2, 0) is 6.54 Å². The smallest absolute Gasteiger partial charge is 0.364 e. The van der Waals surface area contributed by atoms with Gasteiger partial charge in [0.15, 0.2) is 5.69 Å². The Hall–Kier alpha value is -3.74. The van der Waals surface area contributed by atoms with Crippen molar-refractivity contribution in [2.24, 2.45) is 0 Å². The summed E-state index contributed by atoms with van der Waals surface area (Å²) in [6.45, 7) is 2.31. The molecule has 7 heteroatoms. The third-order valence-corrected chi connectivity index (χ3v) is 4.30. The molecular weight excluding hydrogens is 360 g/mol. The van der Waals surface area contributed by atoms with Crippen LogP contribution in [0.3, 0.4) is 0 Å². The number of hydrogen-bond acceptors (Lipinski definition) is 6. The molecule has 0 bridgehead atoms. The molecule has 0 aliphatic rings. The number of nitrogens with zero attached hydrogens (tertiary/aromatic N) is 2. The fraction of sp³-hybridized carbons (Fsp3) is 0.143. The third-order valence-electron chi connectivity index (χ3n) is 4.30. The summed E-state index contributed by atoms with van der Waals surface area (Å²) in [5.74, 6) is -0.482. The predicted molar refractivity (Wildman–Crippen MR) is 104 cm³/mol. The van der Waals surface area contributed by atoms with Crippen LogP contribution in [0.15, 0.2) is 68.6 Å². The lowest BCUT2D eigenvalue weighted by Gasteiger charge is -2.10. The number of ether oxygens (including phenoxy) is 1. The van der Waals surface area contributed by atoms with Crippen LogP contribution >= 0.6 is 0 Å². The first kappa shape index (κ1) is 17.7. The van der Waals surface area contributed by atoms with Crippen molar-refractivity contribution < 1.29 is 13.9 Å². The van der Waals surface area contributed by atoms with Gasteiger partial charge in [-0.1, -0.05) is 25.1 Å². The topological polar surface area (TPSA) is 91.4 Å². The maximum atomic E-state index is 12.8. The molecule has 2 heterocycles. The first-order chi connectivity index (χ1) is 13.6. The zero-order valence-corrected chi connectivity index (χ0v) is 15.0. The number of aryl methyl sites for hydroxylation is 1. The lowest BCUT2D eigenvalue weighted by atomic mass is 10.1. The molecule has 140 valence electrons. The normalized spacial score (nSPS) is 11.0. The van der Waals surface area contributed by atoms with Crippen molar-refractivity contribution in [3.63, 3.8) is 0 Å². The van der Waals surface area contributed by atoms with Gasteiger partial charge in [0.2, 0.25) is 0 Å². The van der Waals surface area contributed by atoms with Crippen molar-refractivity contribution in [3.8, 4) is 5.75 Å². The second-order valence-corrected chi connectivity index (χ2v) is 6.27. The molecule has 0 spiro atoms. The summed E-state index contributed by atoms with van der Waals surface area (Å²) in [6, 6.07) is 14.5. The molecule has 0 amide bonds. The highest BCUT2D eigenvalue weighted by molar-refractivity contribution is 6.03. The fourth-order valence-electron chi connectivity index (χ4n) is 3.01. The quantitative estimate of drug-likeness (QED) is 0.309. The van der Waals surface area contributed by atoms with Gasteiger partial charge < -0.3 is 9.15 Å². The van der Waals surface area contributed by atoms with Crippen molar-refractivity contribution in [3.05, 3.63) is 81.1 Å². The molecule has 0 saturated heterocycles. The maximum Gasteiger partial charge on any atom is 0.364 e. The Morgan fingerprint density at radius 1 is 1.07 bits per heavy atom. The molecule has 28 heavy (non-hydrogen) atoms. The first-order valence-corrected chi connectivity index (χ1v) is 8.83. The van der Waals surface area contributed by atoms with Gasteiger partial charge in [-0.15, -0.1) is 0 Å². The van der Waals surface area contributed by atoms with Crippen molar-refractivity contribution in [2.45, 2.75) is 19.9 Å². The Kier molecular flexibility index (Phi) is 4.49. The van der Waals surface area contributed by atoms with E-state index in [0.29, 0.717) is 34.7 Å². The van der Waals surface area contributed by atoms with Crippen LogP contribution in [-0.4, -0.2) is 15.7 Å². The third kappa shape index (κ3) is 3.18. The minimum absolute atomic E-state index is 0.0539. The molecule has 0 atom stereocenters. The molecule has 0 saturated carbocycles. The molecule has 4 rings (SSSR count). The molecule has 7 nitrogen and oxygen atoms in total. The van der Waals surface area contributed by atoms with E-state index >= 15 is 0 Å². The Balaban J connectivity index is 1.77. The van der Waals surface area contributed by atoms with Crippen LogP contribution in [0.2, 0.25) is 0 Å². The number of esters is 1. The summed E-state index contributed by atoms with van der Waals surface area (Å²) >= 11 is 0. The molecule has 4 aromatic rings. The second kappa shape index (κ2) is 7.11. The van der Waals surface area contributed by atoms with Gasteiger partial charge in [-0.3, -0.25) is 4.79 Å². The lowest BCUT2D eigenvalue weighted by Crippen LogP contribution is -2.27. The molecule has 0 N–H and O–H groups in total. The highest BCUT2D eigenvalue weighted by Crippen LogP contribution is 2.21. The molecule has 0 aliphatic heterocycles. The number of carbonyl (C=O) groups excluding carboxylic acids is 1. The highest BCUT2D eigenvalue weighted by Gasteiger charge is 2.18. The van der Waals surface area contributed by atoms with Gasteiger partial charge in [0.05, 0.1) is 5.39 Å². The van der Waals surface area contributed by atoms with Gasteiger partial charge in [-0.05, 0) is 30.7 Å². The summed E-state index contributed by atoms with van der Waals surface area (Å²) in [5.41, 5.74) is -0.374. The fourth-order valence-corrected chi connectivity index (χ4v) is 3.01. The number of fused-ring (bicyclic) bond motifs is 2. The van der Waals surface area contributed by atoms with E-state index in [1.54, 1.807) is 42.5 Å². The summed E-state index contributed by atoms with van der Waals surface area (Å²) in [7, 11) is 0. The number of benzene rings is 2. The Morgan fingerprint density at radius 2 is 1.82 bits per heavy atom. The van der Waals surface area contributed by atoms with Crippen LogP contribution in [0.4, 0.5) is 0 Å². The number of hydrogen-bond donors (Lipinski definition) is 0. The van der Waals surface area contributed by atoms with Gasteiger partial charge in [-0.2, -0.15) is 5.10 Å². The molecule has 2 aromatic carbocycles. The Labute approximate surface area is 158 Å². The predicted octanol–water partition coefficient (Wildman–Crippen LogP) is 3.13. The van der Waals surface area contributed by atoms with Crippen molar-refractivity contribution in [1.82, 2.24) is 9.78 Å². The van der Waals surface area contributed by atoms with Gasteiger partial charge >= 0.3 is 11.6 Å². The van der Waals surface area contributed by atoms with Crippen molar-refractivity contribution in [2.75, 3.05) is 0 Å². The molecule has 0 unspecified atom stereocenters. The minimum Gasteiger partial charge on any atom is -0.423 e. The van der Waals surface area contributed by atoms with Gasteiger partial charge in [0.1, 0.15) is 11.3 Å². The molecule has 0 aliphatic carbocycles. The van der Waals surface area contributed by atoms with Crippen molar-refractivity contribution >= 4 is 27.7 Å². The zero-order valence-electron chi connectivity index (χ0n) is 15.0. The first-order valence-electron chi connectivity index (χ1n) is 8.83. The standard InChI is InChI=1S/C21H16N2O5/c1-2-11-23-20(25)16-6-4-3-5-15(16)19(22-23)21(26)27-14-9-7-13-8-10-18(24)28-17(13)12-14/h3-10,12H,2,11H2,1H3. The Bertz CT molecular complexity index is 1320. The molecule has 2 aromatic heterocycles. The van der Waals surface area contributed by atoms with E-state index in [-0.39, 0.29) is 17.0 Å². The molecule has 0 fully saturated rings. The molecular formula is C21H16N2O5. The van der Waals surface area contributed by atoms with E-state index < -0.39 is 11.6 Å². The minimum atomic E-state index is -0.696. The van der Waals surface area contributed by atoms with E-state index in [0.717, 1.165) is 0 Å². The SMILES string of the molecule is CCCn1nc(C(=O)Oc2ccc3ccc(=O)oc3c2)c2ccccc2c1=O. The summed E-state index contributed by atoms with van der Waals surface area (Å²) < 4.78 is 11.8. The van der Waals surface area contributed by atoms with Gasteiger partial charge in [0, 0.05) is 29.4 Å². The van der Waals surface area contributed by atoms with Crippen LogP contribution < -0.4 is 15.9 Å². The van der Waals surface area contributed by atoms with E-state index in [9.17, 15) is 14.4 Å². The monoisotopic (exact) mass is 376 g/mol. The summed E-state index contributed by atoms with van der Waals surface area (Å²) in [5, 5.41) is 5.76. The average molecular weight is 376 g/mol. The van der Waals surface area contributed by atoms with Crippen LogP contribution in [0.1, 0.15) is 23.8 Å². The van der Waals surface area contributed by atoms with Crippen LogP contribution in [0, 0.1) is 0 Å². The molecule has 0 radical (unpaired) electrons. The van der Waals surface area contributed by atoms with Crippen LogP contribution in [0.5, 0.6) is 5.75 Å². The number of carbonyl (C=O) groups is 1. The van der Waals surface area contributed by atoms with Crippen LogP contribution in [0.25, 0.3) is 21.7 Å². The Morgan fingerprint density at radius 3 is 2.61 bits per heavy atom. The number of rotatable bonds is 4. The highest BCUT2D eigenvalue weighted by atomic mass is 16.5. The number of aromatic nitrogens is 2. The van der Waals surface area contributed by atoms with Crippen molar-refractivity contribution in [1.29, 1.82) is 0 Å². The van der Waals surface area contributed by atoms with E-state index in [1.807, 2.05) is 6.92 Å². The lowest BCUT2D eigenvalue weighted by molar-refractivity contribution is 0.0728. The maximum absolute atomic E-state index is 12.8. The summed E-state index contributed by atoms with van der Waals surface area (Å²) in [4.78, 5) is 36.7. The summed E-state index contributed by atoms with van der Waals surface area (Å²) in [6.07, 6.45) is 0.698. The van der Waals surface area contributed by atoms with Gasteiger partial charge in [0.25, 0.3) is 5.56 Å². The van der Waals surface area contributed by atoms with E-state index in [1.165, 1.54) is 16.8 Å². The van der Waals surface area contributed by atoms with E-state index in [4.69, 9.17) is 9.15 Å². The second-order valence-electron chi connectivity index (χ2n) is 6.27. The average Bonchev–Trinajstić information content (AvgIpc) is 2.70. The zero-order chi connectivity index (χ0) is 19.7. The van der Waals surface area contributed by atoms with E-state index in [2.05, 4.69) is 5.10 Å².